The Bertz CT molecular complexity index is 924. The Morgan fingerprint density at radius 1 is 1.20 bits per heavy atom. The maximum absolute atomic E-state index is 9.73. The highest BCUT2D eigenvalue weighted by Crippen LogP contribution is 2.44. The summed E-state index contributed by atoms with van der Waals surface area (Å²) < 4.78 is 18.1. The number of phenolic OH excluding ortho intramolecular Hbond substituents is 1. The molecule has 1 aromatic carbocycles. The first-order chi connectivity index (χ1) is 14.4. The Labute approximate surface area is 173 Å². The zero-order chi connectivity index (χ0) is 20.9. The topological polar surface area (TPSA) is 121 Å². The Hall–Kier alpha value is -2.66. The molecule has 2 saturated heterocycles. The smallest absolute Gasteiger partial charge is 0.164 e. The fraction of sp³-hybridized carbons (Fsp3) is 0.500. The van der Waals surface area contributed by atoms with Gasteiger partial charge in [-0.1, -0.05) is 12.1 Å². The van der Waals surface area contributed by atoms with Crippen LogP contribution in [0.5, 0.6) is 5.75 Å². The van der Waals surface area contributed by atoms with Crippen molar-refractivity contribution in [2.75, 3.05) is 28.8 Å². The third-order valence-electron chi connectivity index (χ3n) is 5.53. The second kappa shape index (κ2) is 7.24. The van der Waals surface area contributed by atoms with E-state index in [1.807, 2.05) is 30.9 Å². The van der Waals surface area contributed by atoms with E-state index in [0.29, 0.717) is 24.8 Å². The van der Waals surface area contributed by atoms with Gasteiger partial charge in [-0.25, -0.2) is 9.97 Å². The maximum Gasteiger partial charge on any atom is 0.164 e. The summed E-state index contributed by atoms with van der Waals surface area (Å²) in [5, 5.41) is 25.8. The summed E-state index contributed by atoms with van der Waals surface area (Å²) in [5.41, 5.74) is 1.79. The largest absolute Gasteiger partial charge is 0.508 e. The second-order valence-corrected chi connectivity index (χ2v) is 8.06. The number of fused-ring (bicyclic) bond motifs is 2. The van der Waals surface area contributed by atoms with Gasteiger partial charge in [-0.15, -0.1) is 0 Å². The minimum atomic E-state index is -0.733. The van der Waals surface area contributed by atoms with Crippen molar-refractivity contribution in [1.82, 2.24) is 9.97 Å². The Balaban J connectivity index is 1.36. The molecule has 3 aliphatic rings. The first-order valence-corrected chi connectivity index (χ1v) is 9.94. The molecule has 10 heteroatoms. The number of anilines is 3. The Morgan fingerprint density at radius 3 is 2.73 bits per heavy atom. The summed E-state index contributed by atoms with van der Waals surface area (Å²) in [6.07, 6.45) is -0.0762. The van der Waals surface area contributed by atoms with Crippen molar-refractivity contribution in [3.63, 3.8) is 0 Å². The van der Waals surface area contributed by atoms with Crippen LogP contribution in [0, 0.1) is 0 Å². The third kappa shape index (κ3) is 3.31. The molecule has 2 aromatic rings. The molecule has 5 rings (SSSR count). The normalized spacial score (nSPS) is 28.8. The molecule has 0 amide bonds. The average Bonchev–Trinajstić information content (AvgIpc) is 3.38. The molecule has 0 aliphatic carbocycles. The Morgan fingerprint density at radius 2 is 1.97 bits per heavy atom. The molecule has 0 saturated carbocycles. The van der Waals surface area contributed by atoms with Gasteiger partial charge >= 0.3 is 0 Å². The molecule has 4 N–H and O–H groups in total. The van der Waals surface area contributed by atoms with Crippen molar-refractivity contribution in [2.45, 2.75) is 50.7 Å². The SMILES string of the molecule is CC1(C)OC2C(O1)[C@@H](CO)O[C@H]2N1CNc2c(NCc3ccc(O)cc3)ncnc21. The number of phenols is 1. The van der Waals surface area contributed by atoms with Crippen LogP contribution in [0.2, 0.25) is 0 Å². The molecule has 0 spiro atoms. The fourth-order valence-electron chi connectivity index (χ4n) is 4.20. The van der Waals surface area contributed by atoms with Crippen molar-refractivity contribution < 1.29 is 24.4 Å². The maximum atomic E-state index is 9.73. The molecular weight excluding hydrogens is 390 g/mol. The summed E-state index contributed by atoms with van der Waals surface area (Å²) in [5.74, 6) is 0.876. The fourth-order valence-corrected chi connectivity index (χ4v) is 4.20. The molecule has 30 heavy (non-hydrogen) atoms. The van der Waals surface area contributed by atoms with Gasteiger partial charge in [-0.05, 0) is 31.5 Å². The third-order valence-corrected chi connectivity index (χ3v) is 5.53. The highest BCUT2D eigenvalue weighted by molar-refractivity contribution is 5.81. The predicted octanol–water partition coefficient (Wildman–Crippen LogP) is 1.22. The van der Waals surface area contributed by atoms with E-state index < -0.39 is 18.1 Å². The molecule has 10 nitrogen and oxygen atoms in total. The van der Waals surface area contributed by atoms with Crippen LogP contribution in [0.4, 0.5) is 17.3 Å². The zero-order valence-electron chi connectivity index (χ0n) is 16.8. The van der Waals surface area contributed by atoms with Gasteiger partial charge in [0.1, 0.15) is 36.1 Å². The lowest BCUT2D eigenvalue weighted by Gasteiger charge is -2.29. The summed E-state index contributed by atoms with van der Waals surface area (Å²) in [6.45, 7) is 4.60. The van der Waals surface area contributed by atoms with Gasteiger partial charge in [-0.3, -0.25) is 0 Å². The quantitative estimate of drug-likeness (QED) is 0.567. The lowest BCUT2D eigenvalue weighted by atomic mass is 10.1. The van der Waals surface area contributed by atoms with Gasteiger partial charge < -0.3 is 40.0 Å². The van der Waals surface area contributed by atoms with E-state index in [2.05, 4.69) is 20.6 Å². The van der Waals surface area contributed by atoms with E-state index in [0.717, 1.165) is 11.3 Å². The van der Waals surface area contributed by atoms with Crippen LogP contribution in [0.15, 0.2) is 30.6 Å². The van der Waals surface area contributed by atoms with Crippen molar-refractivity contribution in [3.05, 3.63) is 36.2 Å². The summed E-state index contributed by atoms with van der Waals surface area (Å²) >= 11 is 0. The number of benzene rings is 1. The van der Waals surface area contributed by atoms with E-state index in [1.54, 1.807) is 12.1 Å². The highest BCUT2D eigenvalue weighted by Gasteiger charge is 2.57. The van der Waals surface area contributed by atoms with Gasteiger partial charge in [0.25, 0.3) is 0 Å². The first-order valence-electron chi connectivity index (χ1n) is 9.94. The van der Waals surface area contributed by atoms with Crippen LogP contribution < -0.4 is 15.5 Å². The number of aromatic hydroxyl groups is 1. The Kier molecular flexibility index (Phi) is 4.66. The number of hydrogen-bond donors (Lipinski definition) is 4. The molecule has 1 aromatic heterocycles. The van der Waals surface area contributed by atoms with Crippen molar-refractivity contribution in [3.8, 4) is 5.75 Å². The first kappa shape index (κ1) is 19.3. The molecule has 4 atom stereocenters. The van der Waals surface area contributed by atoms with Gasteiger partial charge in [-0.2, -0.15) is 0 Å². The summed E-state index contributed by atoms with van der Waals surface area (Å²) in [6, 6.07) is 7.00. The lowest BCUT2D eigenvalue weighted by molar-refractivity contribution is -0.189. The van der Waals surface area contributed by atoms with Crippen molar-refractivity contribution in [1.29, 1.82) is 0 Å². The highest BCUT2D eigenvalue weighted by atomic mass is 16.8. The van der Waals surface area contributed by atoms with E-state index in [9.17, 15) is 10.2 Å². The van der Waals surface area contributed by atoms with Crippen LogP contribution in [0.25, 0.3) is 0 Å². The number of hydrogen-bond acceptors (Lipinski definition) is 10. The van der Waals surface area contributed by atoms with Gasteiger partial charge in [0, 0.05) is 6.54 Å². The predicted molar refractivity (Wildman–Crippen MR) is 108 cm³/mol. The minimum absolute atomic E-state index is 0.144. The number of aromatic nitrogens is 2. The number of nitrogens with zero attached hydrogens (tertiary/aromatic N) is 3. The van der Waals surface area contributed by atoms with Crippen LogP contribution in [-0.2, 0) is 20.8 Å². The van der Waals surface area contributed by atoms with Crippen LogP contribution in [-0.4, -0.2) is 63.8 Å². The summed E-state index contributed by atoms with van der Waals surface area (Å²) in [4.78, 5) is 10.8. The molecular formula is C20H25N5O5. The lowest BCUT2D eigenvalue weighted by Crippen LogP contribution is -2.44. The van der Waals surface area contributed by atoms with E-state index >= 15 is 0 Å². The summed E-state index contributed by atoms with van der Waals surface area (Å²) in [7, 11) is 0. The number of aliphatic hydroxyl groups is 1. The van der Waals surface area contributed by atoms with Crippen LogP contribution in [0.3, 0.4) is 0 Å². The molecule has 0 radical (unpaired) electrons. The second-order valence-electron chi connectivity index (χ2n) is 8.06. The molecule has 3 aliphatic heterocycles. The standard InChI is InChI=1S/C20H25N5O5/c1-20(2)29-15-13(8-26)28-19(16(15)30-20)25-10-24-14-17(22-9-23-18(14)25)21-7-11-3-5-12(27)6-4-11/h3-6,9,13,15-16,19,24,26-27H,7-8,10H2,1-2H3,(H,21,22,23)/t13-,15?,16?,19-/m1/s1. The number of nitrogens with one attached hydrogen (secondary N) is 2. The minimum Gasteiger partial charge on any atom is -0.508 e. The molecule has 0 bridgehead atoms. The molecule has 160 valence electrons. The molecule has 2 unspecified atom stereocenters. The monoisotopic (exact) mass is 415 g/mol. The van der Waals surface area contributed by atoms with Crippen molar-refractivity contribution in [2.24, 2.45) is 0 Å². The van der Waals surface area contributed by atoms with Crippen LogP contribution >= 0.6 is 0 Å². The van der Waals surface area contributed by atoms with Gasteiger partial charge in [0.2, 0.25) is 0 Å². The van der Waals surface area contributed by atoms with Gasteiger partial charge in [0.15, 0.2) is 23.7 Å². The van der Waals surface area contributed by atoms with Gasteiger partial charge in [0.05, 0.1) is 13.3 Å². The molecule has 4 heterocycles. The number of ether oxygens (including phenoxy) is 3. The number of aliphatic hydroxyl groups excluding tert-OH is 1. The van der Waals surface area contributed by atoms with E-state index in [1.165, 1.54) is 6.33 Å². The molecule has 2 fully saturated rings. The zero-order valence-corrected chi connectivity index (χ0v) is 16.8. The number of rotatable bonds is 5. The van der Waals surface area contributed by atoms with Crippen LogP contribution in [0.1, 0.15) is 19.4 Å². The van der Waals surface area contributed by atoms with E-state index in [4.69, 9.17) is 14.2 Å². The van der Waals surface area contributed by atoms with E-state index in [-0.39, 0.29) is 24.6 Å². The average molecular weight is 415 g/mol. The van der Waals surface area contributed by atoms with Crippen molar-refractivity contribution >= 4 is 17.3 Å².